The van der Waals surface area contributed by atoms with Crippen molar-refractivity contribution in [3.8, 4) is 11.6 Å². The van der Waals surface area contributed by atoms with E-state index < -0.39 is 4.92 Å². The molecule has 1 aromatic carbocycles. The van der Waals surface area contributed by atoms with Gasteiger partial charge in [0.25, 0.3) is 5.69 Å². The first-order chi connectivity index (χ1) is 8.69. The second kappa shape index (κ2) is 5.11. The summed E-state index contributed by atoms with van der Waals surface area (Å²) in [6.45, 7) is 0. The summed E-state index contributed by atoms with van der Waals surface area (Å²) in [6.07, 6.45) is 0. The monoisotopic (exact) mass is 246 g/mol. The summed E-state index contributed by atoms with van der Waals surface area (Å²) in [6, 6.07) is 10.8. The van der Waals surface area contributed by atoms with Crippen molar-refractivity contribution in [1.82, 2.24) is 4.98 Å². The van der Waals surface area contributed by atoms with Crippen LogP contribution in [-0.4, -0.2) is 9.91 Å². The molecule has 7 heteroatoms. The normalized spacial score (nSPS) is 9.83. The van der Waals surface area contributed by atoms with Crippen LogP contribution in [0.15, 0.2) is 42.5 Å². The zero-order chi connectivity index (χ0) is 13.0. The third-order valence-electron chi connectivity index (χ3n) is 2.14. The first kappa shape index (κ1) is 11.8. The second-order valence-corrected chi connectivity index (χ2v) is 3.36. The fraction of sp³-hybridized carbons (Fsp3) is 0. The molecule has 0 atom stereocenters. The van der Waals surface area contributed by atoms with E-state index in [1.54, 1.807) is 18.2 Å². The maximum Gasteiger partial charge on any atom is 0.269 e. The molecule has 3 N–H and O–H groups in total. The fourth-order valence-corrected chi connectivity index (χ4v) is 1.31. The van der Waals surface area contributed by atoms with Crippen LogP contribution in [0.1, 0.15) is 0 Å². The number of nitro benzene ring substituents is 1. The van der Waals surface area contributed by atoms with Crippen LogP contribution in [0.5, 0.6) is 11.6 Å². The van der Waals surface area contributed by atoms with E-state index in [4.69, 9.17) is 10.6 Å². The summed E-state index contributed by atoms with van der Waals surface area (Å²) in [5.41, 5.74) is 2.40. The lowest BCUT2D eigenvalue weighted by atomic mass is 10.3. The van der Waals surface area contributed by atoms with Crippen LogP contribution < -0.4 is 16.0 Å². The second-order valence-electron chi connectivity index (χ2n) is 3.36. The molecule has 0 radical (unpaired) electrons. The van der Waals surface area contributed by atoms with Crippen molar-refractivity contribution in [2.24, 2.45) is 5.84 Å². The lowest BCUT2D eigenvalue weighted by Crippen LogP contribution is -2.08. The van der Waals surface area contributed by atoms with Gasteiger partial charge in [0.2, 0.25) is 5.88 Å². The Morgan fingerprint density at radius 2 is 1.94 bits per heavy atom. The molecule has 0 unspecified atom stereocenters. The summed E-state index contributed by atoms with van der Waals surface area (Å²) in [5, 5.41) is 10.5. The number of rotatable bonds is 4. The summed E-state index contributed by atoms with van der Waals surface area (Å²) in [4.78, 5) is 14.1. The number of pyridine rings is 1. The van der Waals surface area contributed by atoms with E-state index in [1.165, 1.54) is 24.3 Å². The maximum atomic E-state index is 10.5. The van der Waals surface area contributed by atoms with E-state index in [9.17, 15) is 10.1 Å². The highest BCUT2D eigenvalue weighted by atomic mass is 16.6. The van der Waals surface area contributed by atoms with E-state index in [0.717, 1.165) is 0 Å². The van der Waals surface area contributed by atoms with Crippen LogP contribution in [0.25, 0.3) is 0 Å². The van der Waals surface area contributed by atoms with Crippen molar-refractivity contribution in [2.45, 2.75) is 0 Å². The number of hydrogen-bond donors (Lipinski definition) is 2. The highest BCUT2D eigenvalue weighted by Crippen LogP contribution is 2.23. The highest BCUT2D eigenvalue weighted by Gasteiger charge is 2.05. The molecule has 0 bridgehead atoms. The number of hydrazine groups is 1. The van der Waals surface area contributed by atoms with Crippen molar-refractivity contribution < 1.29 is 9.66 Å². The third-order valence-corrected chi connectivity index (χ3v) is 2.14. The van der Waals surface area contributed by atoms with Crippen LogP contribution in [-0.2, 0) is 0 Å². The summed E-state index contributed by atoms with van der Waals surface area (Å²) in [5.74, 6) is 6.50. The largest absolute Gasteiger partial charge is 0.439 e. The summed E-state index contributed by atoms with van der Waals surface area (Å²) >= 11 is 0. The Hall–Kier alpha value is -2.67. The van der Waals surface area contributed by atoms with Crippen LogP contribution in [0, 0.1) is 10.1 Å². The molecule has 7 nitrogen and oxygen atoms in total. The van der Waals surface area contributed by atoms with Crippen molar-refractivity contribution >= 4 is 11.5 Å². The highest BCUT2D eigenvalue weighted by molar-refractivity contribution is 5.40. The van der Waals surface area contributed by atoms with E-state index in [0.29, 0.717) is 17.4 Å². The lowest BCUT2D eigenvalue weighted by molar-refractivity contribution is -0.384. The molecule has 0 aliphatic rings. The smallest absolute Gasteiger partial charge is 0.269 e. The van der Waals surface area contributed by atoms with E-state index in [1.807, 2.05) is 0 Å². The van der Waals surface area contributed by atoms with Crippen molar-refractivity contribution in [3.63, 3.8) is 0 Å². The van der Waals surface area contributed by atoms with Gasteiger partial charge in [0.15, 0.2) is 0 Å². The quantitative estimate of drug-likeness (QED) is 0.486. The number of non-ortho nitro benzene ring substituents is 1. The minimum absolute atomic E-state index is 0.00712. The molecule has 0 spiro atoms. The molecule has 0 aliphatic heterocycles. The number of ether oxygens (including phenoxy) is 1. The molecular formula is C11H10N4O3. The third kappa shape index (κ3) is 2.71. The molecule has 0 amide bonds. The molecule has 18 heavy (non-hydrogen) atoms. The number of hydrogen-bond acceptors (Lipinski definition) is 6. The molecule has 2 aromatic rings. The molecule has 2 rings (SSSR count). The zero-order valence-electron chi connectivity index (χ0n) is 9.24. The first-order valence-electron chi connectivity index (χ1n) is 5.05. The number of aromatic nitrogens is 1. The molecular weight excluding hydrogens is 236 g/mol. The number of nitrogens with two attached hydrogens (primary N) is 1. The number of nitrogen functional groups attached to an aromatic ring is 1. The average Bonchev–Trinajstić information content (AvgIpc) is 2.39. The number of nitrogens with one attached hydrogen (secondary N) is 1. The van der Waals surface area contributed by atoms with Crippen LogP contribution in [0.4, 0.5) is 11.5 Å². The Morgan fingerprint density at radius 3 is 2.56 bits per heavy atom. The van der Waals surface area contributed by atoms with E-state index in [2.05, 4.69) is 10.4 Å². The van der Waals surface area contributed by atoms with Gasteiger partial charge >= 0.3 is 0 Å². The van der Waals surface area contributed by atoms with Gasteiger partial charge in [-0.1, -0.05) is 6.07 Å². The predicted molar refractivity (Wildman–Crippen MR) is 65.2 cm³/mol. The minimum Gasteiger partial charge on any atom is -0.439 e. The Balaban J connectivity index is 2.15. The van der Waals surface area contributed by atoms with E-state index in [-0.39, 0.29) is 5.69 Å². The Bertz CT molecular complexity index is 556. The van der Waals surface area contributed by atoms with Gasteiger partial charge in [-0.3, -0.25) is 10.1 Å². The fourth-order valence-electron chi connectivity index (χ4n) is 1.31. The van der Waals surface area contributed by atoms with Gasteiger partial charge in [0.05, 0.1) is 4.92 Å². The van der Waals surface area contributed by atoms with Crippen molar-refractivity contribution in [3.05, 3.63) is 52.6 Å². The van der Waals surface area contributed by atoms with Gasteiger partial charge in [0, 0.05) is 18.2 Å². The molecule has 0 fully saturated rings. The predicted octanol–water partition coefficient (Wildman–Crippen LogP) is 2.07. The van der Waals surface area contributed by atoms with E-state index >= 15 is 0 Å². The van der Waals surface area contributed by atoms with Gasteiger partial charge < -0.3 is 10.2 Å². The Labute approximate surface area is 102 Å². The molecule has 0 saturated carbocycles. The van der Waals surface area contributed by atoms with Gasteiger partial charge in [-0.05, 0) is 18.2 Å². The molecule has 0 saturated heterocycles. The van der Waals surface area contributed by atoms with Crippen LogP contribution in [0.2, 0.25) is 0 Å². The van der Waals surface area contributed by atoms with Gasteiger partial charge in [-0.15, -0.1) is 0 Å². The van der Waals surface area contributed by atoms with Crippen LogP contribution in [0.3, 0.4) is 0 Å². The average molecular weight is 246 g/mol. The van der Waals surface area contributed by atoms with Gasteiger partial charge in [-0.2, -0.15) is 4.98 Å². The van der Waals surface area contributed by atoms with Crippen molar-refractivity contribution in [1.29, 1.82) is 0 Å². The molecule has 0 aliphatic carbocycles. The standard InChI is InChI=1S/C11H10N4O3/c12-14-10-2-1-3-11(13-10)18-9-6-4-8(5-7-9)15(16)17/h1-7H,12H2,(H,13,14). The van der Waals surface area contributed by atoms with Crippen LogP contribution >= 0.6 is 0 Å². The number of nitrogens with zero attached hydrogens (tertiary/aromatic N) is 2. The summed E-state index contributed by atoms with van der Waals surface area (Å²) < 4.78 is 5.43. The topological polar surface area (TPSA) is 103 Å². The van der Waals surface area contributed by atoms with Gasteiger partial charge in [0.1, 0.15) is 11.6 Å². The molecule has 1 aromatic heterocycles. The Morgan fingerprint density at radius 1 is 1.22 bits per heavy atom. The van der Waals surface area contributed by atoms with Crippen molar-refractivity contribution in [2.75, 3.05) is 5.43 Å². The minimum atomic E-state index is -0.471. The Kier molecular flexibility index (Phi) is 3.35. The lowest BCUT2D eigenvalue weighted by Gasteiger charge is -2.05. The number of benzene rings is 1. The summed E-state index contributed by atoms with van der Waals surface area (Å²) in [7, 11) is 0. The van der Waals surface area contributed by atoms with Gasteiger partial charge in [-0.25, -0.2) is 5.84 Å². The number of anilines is 1. The zero-order valence-corrected chi connectivity index (χ0v) is 9.24. The SMILES string of the molecule is NNc1cccc(Oc2ccc([N+](=O)[O-])cc2)n1. The molecule has 92 valence electrons. The maximum absolute atomic E-state index is 10.5. The molecule has 1 heterocycles. The first-order valence-corrected chi connectivity index (χ1v) is 5.05. The number of nitro groups is 1.